The van der Waals surface area contributed by atoms with E-state index in [1.807, 2.05) is 0 Å². The minimum Gasteiger partial charge on any atom is -0.341 e. The van der Waals surface area contributed by atoms with Gasteiger partial charge in [0.25, 0.3) is 0 Å². The predicted molar refractivity (Wildman–Crippen MR) is 80.8 cm³/mol. The van der Waals surface area contributed by atoms with Crippen molar-refractivity contribution in [1.29, 1.82) is 0 Å². The summed E-state index contributed by atoms with van der Waals surface area (Å²) in [5.74, 6) is 0. The highest BCUT2D eigenvalue weighted by atomic mass is 16.2. The molecule has 0 fully saturated rings. The molecule has 1 aromatic rings. The Kier molecular flexibility index (Phi) is 4.98. The first kappa shape index (κ1) is 15.5. The number of hydrogen-bond acceptors (Lipinski definition) is 1. The van der Waals surface area contributed by atoms with Crippen molar-refractivity contribution in [1.82, 2.24) is 10.6 Å². The monoisotopic (exact) mass is 262 g/mol. The van der Waals surface area contributed by atoms with Crippen LogP contribution in [0.1, 0.15) is 43.0 Å². The highest BCUT2D eigenvalue weighted by Gasteiger charge is 2.16. The van der Waals surface area contributed by atoms with Crippen LogP contribution in [0.25, 0.3) is 0 Å². The van der Waals surface area contributed by atoms with E-state index in [4.69, 9.17) is 0 Å². The van der Waals surface area contributed by atoms with Crippen molar-refractivity contribution in [3.8, 4) is 0 Å². The third-order valence-corrected chi connectivity index (χ3v) is 3.45. The third-order valence-electron chi connectivity index (χ3n) is 3.45. The summed E-state index contributed by atoms with van der Waals surface area (Å²) in [6.45, 7) is 11.7. The lowest BCUT2D eigenvalue weighted by Gasteiger charge is -2.22. The van der Waals surface area contributed by atoms with Crippen LogP contribution < -0.4 is 10.6 Å². The number of urea groups is 1. The van der Waals surface area contributed by atoms with Gasteiger partial charge in [-0.25, -0.2) is 4.79 Å². The van der Waals surface area contributed by atoms with Gasteiger partial charge in [-0.3, -0.25) is 0 Å². The Balaban J connectivity index is 2.83. The fraction of sp³-hybridized carbons (Fsp3) is 0.562. The van der Waals surface area contributed by atoms with Gasteiger partial charge in [-0.2, -0.15) is 0 Å². The van der Waals surface area contributed by atoms with Crippen molar-refractivity contribution in [2.45, 2.75) is 46.5 Å². The maximum Gasteiger partial charge on any atom is 0.314 e. The number of carbonyl (C=O) groups excluding carboxylic acids is 1. The summed E-state index contributed by atoms with van der Waals surface area (Å²) in [5, 5.41) is 5.39. The first-order chi connectivity index (χ1) is 8.75. The highest BCUT2D eigenvalue weighted by molar-refractivity contribution is 5.73. The Labute approximate surface area is 116 Å². The van der Waals surface area contributed by atoms with Crippen LogP contribution in [0, 0.1) is 13.8 Å². The van der Waals surface area contributed by atoms with E-state index in [9.17, 15) is 4.79 Å². The average Bonchev–Trinajstić information content (AvgIpc) is 2.30. The van der Waals surface area contributed by atoms with E-state index >= 15 is 0 Å². The molecule has 0 aliphatic rings. The van der Waals surface area contributed by atoms with Crippen LogP contribution >= 0.6 is 0 Å². The van der Waals surface area contributed by atoms with Crippen molar-refractivity contribution in [2.75, 3.05) is 13.6 Å². The van der Waals surface area contributed by atoms with E-state index in [-0.39, 0.29) is 11.4 Å². The van der Waals surface area contributed by atoms with Gasteiger partial charge < -0.3 is 10.6 Å². The lowest BCUT2D eigenvalue weighted by atomic mass is 9.83. The first-order valence-electron chi connectivity index (χ1n) is 6.82. The van der Waals surface area contributed by atoms with Gasteiger partial charge in [-0.15, -0.1) is 0 Å². The number of hydrogen-bond donors (Lipinski definition) is 2. The second-order valence-corrected chi connectivity index (χ2v) is 6.09. The molecule has 0 aromatic heterocycles. The van der Waals surface area contributed by atoms with Crippen molar-refractivity contribution in [2.24, 2.45) is 0 Å². The maximum atomic E-state index is 11.1. The Morgan fingerprint density at radius 3 is 2.11 bits per heavy atom. The van der Waals surface area contributed by atoms with Crippen LogP contribution in [0.2, 0.25) is 0 Å². The number of benzene rings is 1. The summed E-state index contributed by atoms with van der Waals surface area (Å²) in [4.78, 5) is 11.1. The molecule has 3 heteroatoms. The van der Waals surface area contributed by atoms with E-state index < -0.39 is 0 Å². The van der Waals surface area contributed by atoms with Crippen LogP contribution in [0.5, 0.6) is 0 Å². The van der Waals surface area contributed by atoms with Crippen LogP contribution in [0.4, 0.5) is 4.79 Å². The van der Waals surface area contributed by atoms with Crippen molar-refractivity contribution in [3.05, 3.63) is 34.4 Å². The maximum absolute atomic E-state index is 11.1. The summed E-state index contributed by atoms with van der Waals surface area (Å²) in [7, 11) is 1.63. The van der Waals surface area contributed by atoms with E-state index in [1.54, 1.807) is 7.05 Å². The molecule has 0 unspecified atom stereocenters. The first-order valence-corrected chi connectivity index (χ1v) is 6.82. The fourth-order valence-corrected chi connectivity index (χ4v) is 2.21. The summed E-state index contributed by atoms with van der Waals surface area (Å²) in [6, 6.07) is 4.41. The standard InChI is InChI=1S/C16H26N2O/c1-11-9-13(16(3,4)5)10-12(2)14(11)7-8-18-15(19)17-6/h9-10H,7-8H2,1-6H3,(H2,17,18,19). The highest BCUT2D eigenvalue weighted by Crippen LogP contribution is 2.26. The Hall–Kier alpha value is -1.51. The number of carbonyl (C=O) groups is 1. The molecule has 2 amide bonds. The van der Waals surface area contributed by atoms with E-state index in [1.165, 1.54) is 22.3 Å². The Bertz CT molecular complexity index is 435. The molecule has 0 bridgehead atoms. The third kappa shape index (κ3) is 4.27. The number of rotatable bonds is 3. The van der Waals surface area contributed by atoms with Crippen molar-refractivity contribution in [3.63, 3.8) is 0 Å². The Morgan fingerprint density at radius 2 is 1.68 bits per heavy atom. The zero-order chi connectivity index (χ0) is 14.6. The van der Waals surface area contributed by atoms with Gasteiger partial charge in [0.1, 0.15) is 0 Å². The molecule has 106 valence electrons. The van der Waals surface area contributed by atoms with Crippen LogP contribution in [-0.4, -0.2) is 19.6 Å². The smallest absolute Gasteiger partial charge is 0.314 e. The van der Waals surface area contributed by atoms with Gasteiger partial charge >= 0.3 is 6.03 Å². The predicted octanol–water partition coefficient (Wildman–Crippen LogP) is 3.07. The quantitative estimate of drug-likeness (QED) is 0.863. The van der Waals surface area contributed by atoms with Gasteiger partial charge in [-0.05, 0) is 47.9 Å². The van der Waals surface area contributed by atoms with Crippen LogP contribution in [0.3, 0.4) is 0 Å². The zero-order valence-corrected chi connectivity index (χ0v) is 13.0. The molecule has 2 N–H and O–H groups in total. The fourth-order valence-electron chi connectivity index (χ4n) is 2.21. The molecule has 0 saturated heterocycles. The molecule has 0 saturated carbocycles. The normalized spacial score (nSPS) is 11.3. The molecule has 1 rings (SSSR count). The zero-order valence-electron chi connectivity index (χ0n) is 13.0. The van der Waals surface area contributed by atoms with Gasteiger partial charge in [-0.1, -0.05) is 32.9 Å². The molecular weight excluding hydrogens is 236 g/mol. The van der Waals surface area contributed by atoms with Crippen LogP contribution in [0.15, 0.2) is 12.1 Å². The molecule has 1 aromatic carbocycles. The van der Waals surface area contributed by atoms with E-state index in [0.717, 1.165) is 6.42 Å². The number of nitrogens with one attached hydrogen (secondary N) is 2. The molecule has 3 nitrogen and oxygen atoms in total. The van der Waals surface area contributed by atoms with Gasteiger partial charge in [0.15, 0.2) is 0 Å². The topological polar surface area (TPSA) is 41.1 Å². The molecular formula is C16H26N2O. The molecule has 0 spiro atoms. The largest absolute Gasteiger partial charge is 0.341 e. The minimum atomic E-state index is -0.124. The Morgan fingerprint density at radius 1 is 1.16 bits per heavy atom. The van der Waals surface area contributed by atoms with Crippen LogP contribution in [-0.2, 0) is 11.8 Å². The molecule has 0 aliphatic carbocycles. The molecule has 0 radical (unpaired) electrons. The van der Waals surface area contributed by atoms with Gasteiger partial charge in [0.05, 0.1) is 0 Å². The van der Waals surface area contributed by atoms with Crippen molar-refractivity contribution < 1.29 is 4.79 Å². The molecule has 19 heavy (non-hydrogen) atoms. The summed E-state index contributed by atoms with van der Waals surface area (Å²) in [6.07, 6.45) is 0.871. The molecule has 0 aliphatic heterocycles. The second kappa shape index (κ2) is 6.09. The minimum absolute atomic E-state index is 0.124. The summed E-state index contributed by atoms with van der Waals surface area (Å²) in [5.41, 5.74) is 5.50. The van der Waals surface area contributed by atoms with E-state index in [2.05, 4.69) is 57.4 Å². The lowest BCUT2D eigenvalue weighted by Crippen LogP contribution is -2.34. The average molecular weight is 262 g/mol. The summed E-state index contributed by atoms with van der Waals surface area (Å²) < 4.78 is 0. The number of aryl methyl sites for hydroxylation is 2. The second-order valence-electron chi connectivity index (χ2n) is 6.09. The summed E-state index contributed by atoms with van der Waals surface area (Å²) >= 11 is 0. The molecule has 0 atom stereocenters. The molecule has 0 heterocycles. The van der Waals surface area contributed by atoms with Crippen molar-refractivity contribution >= 4 is 6.03 Å². The van der Waals surface area contributed by atoms with E-state index in [0.29, 0.717) is 6.54 Å². The van der Waals surface area contributed by atoms with Gasteiger partial charge in [0.2, 0.25) is 0 Å². The SMILES string of the molecule is CNC(=O)NCCc1c(C)cc(C(C)(C)C)cc1C. The lowest BCUT2D eigenvalue weighted by molar-refractivity contribution is 0.243. The number of amides is 2. The van der Waals surface area contributed by atoms with Gasteiger partial charge in [0, 0.05) is 13.6 Å².